The minimum atomic E-state index is -3.68. The van der Waals surface area contributed by atoms with Crippen LogP contribution in [0.4, 0.5) is 11.6 Å². The quantitative estimate of drug-likeness (QED) is 0.566. The van der Waals surface area contributed by atoms with Gasteiger partial charge in [0.15, 0.2) is 14.9 Å². The Labute approximate surface area is 189 Å². The molecular formula is C21H16Cl2N4O3S. The first-order chi connectivity index (χ1) is 14.5. The number of hydrogen-bond acceptors (Lipinski definition) is 5. The van der Waals surface area contributed by atoms with Gasteiger partial charge in [-0.3, -0.25) is 9.36 Å². The first-order valence-corrected chi connectivity index (χ1v) is 11.8. The summed E-state index contributed by atoms with van der Waals surface area (Å²) in [6.07, 6.45) is 2.50. The van der Waals surface area contributed by atoms with E-state index in [1.54, 1.807) is 43.3 Å². The van der Waals surface area contributed by atoms with Crippen LogP contribution in [-0.4, -0.2) is 30.1 Å². The lowest BCUT2D eigenvalue weighted by molar-refractivity contribution is -0.124. The lowest BCUT2D eigenvalue weighted by Crippen LogP contribution is -2.41. The summed E-state index contributed by atoms with van der Waals surface area (Å²) < 4.78 is 26.4. The fraction of sp³-hybridized carbons (Fsp3) is 0.190. The molecule has 0 bridgehead atoms. The van der Waals surface area contributed by atoms with Gasteiger partial charge >= 0.3 is 0 Å². The summed E-state index contributed by atoms with van der Waals surface area (Å²) in [5.74, 6) is -0.205. The molecule has 0 N–H and O–H groups in total. The smallest absolute Gasteiger partial charge is 0.260 e. The topological polar surface area (TPSA) is 96.1 Å². The van der Waals surface area contributed by atoms with E-state index in [-0.39, 0.29) is 23.3 Å². The van der Waals surface area contributed by atoms with Crippen molar-refractivity contribution >= 4 is 50.6 Å². The van der Waals surface area contributed by atoms with E-state index in [2.05, 4.69) is 11.1 Å². The maximum atomic E-state index is 13.7. The first kappa shape index (κ1) is 21.4. The number of imidazole rings is 1. The van der Waals surface area contributed by atoms with Crippen LogP contribution in [0.25, 0.3) is 0 Å². The molecule has 10 heteroatoms. The number of nitrogens with zero attached hydrogens (tertiary/aromatic N) is 4. The molecule has 2 heterocycles. The molecule has 1 aromatic heterocycles. The van der Waals surface area contributed by atoms with Gasteiger partial charge in [0.05, 0.1) is 23.5 Å². The van der Waals surface area contributed by atoms with Gasteiger partial charge in [-0.05, 0) is 42.8 Å². The molecule has 0 saturated carbocycles. The molecule has 158 valence electrons. The molecule has 0 radical (unpaired) electrons. The van der Waals surface area contributed by atoms with Crippen molar-refractivity contribution in [3.63, 3.8) is 0 Å². The van der Waals surface area contributed by atoms with Gasteiger partial charge in [-0.15, -0.1) is 0 Å². The highest BCUT2D eigenvalue weighted by Gasteiger charge is 2.51. The fourth-order valence-electron chi connectivity index (χ4n) is 3.79. The third kappa shape index (κ3) is 3.59. The molecule has 4 rings (SSSR count). The second-order valence-corrected chi connectivity index (χ2v) is 10.4. The molecular weight excluding hydrogens is 459 g/mol. The summed E-state index contributed by atoms with van der Waals surface area (Å²) in [7, 11) is -3.68. The standard InChI is InChI=1S/C21H16Cl2N4O3S/c1-21(10-13-3-5-14(11-24)6-4-13)19(28)26(17-8-15(22)7-16(23)9-17)20-25-12-18(27(20)21)31(2,29)30/h3-9,12H,10H2,1-2H3/t21-/m1/s1. The fourth-order valence-corrected chi connectivity index (χ4v) is 5.16. The molecule has 2 aromatic carbocycles. The zero-order chi connectivity index (χ0) is 22.6. The van der Waals surface area contributed by atoms with Crippen LogP contribution < -0.4 is 4.90 Å². The maximum Gasteiger partial charge on any atom is 0.260 e. The molecule has 0 fully saturated rings. The van der Waals surface area contributed by atoms with Crippen LogP contribution in [-0.2, 0) is 26.6 Å². The number of fused-ring (bicyclic) bond motifs is 1. The van der Waals surface area contributed by atoms with Crippen LogP contribution in [0.2, 0.25) is 10.0 Å². The highest BCUT2D eigenvalue weighted by molar-refractivity contribution is 7.90. The number of amides is 1. The molecule has 0 unspecified atom stereocenters. The Bertz CT molecular complexity index is 1340. The monoisotopic (exact) mass is 474 g/mol. The van der Waals surface area contributed by atoms with Crippen LogP contribution in [0.5, 0.6) is 0 Å². The van der Waals surface area contributed by atoms with Gasteiger partial charge in [0.25, 0.3) is 5.91 Å². The number of carbonyl (C=O) groups is 1. The van der Waals surface area contributed by atoms with Crippen LogP contribution >= 0.6 is 23.2 Å². The largest absolute Gasteiger partial charge is 0.285 e. The molecule has 0 saturated heterocycles. The molecule has 1 aliphatic rings. The molecule has 1 amide bonds. The van der Waals surface area contributed by atoms with Gasteiger partial charge in [-0.2, -0.15) is 5.26 Å². The number of benzene rings is 2. The Morgan fingerprint density at radius 1 is 1.13 bits per heavy atom. The van der Waals surface area contributed by atoms with E-state index in [0.717, 1.165) is 11.8 Å². The van der Waals surface area contributed by atoms with Crippen LogP contribution in [0, 0.1) is 11.3 Å². The lowest BCUT2D eigenvalue weighted by Gasteiger charge is -2.26. The van der Waals surface area contributed by atoms with E-state index in [9.17, 15) is 13.2 Å². The number of anilines is 2. The van der Waals surface area contributed by atoms with Gasteiger partial charge in [-0.1, -0.05) is 35.3 Å². The van der Waals surface area contributed by atoms with Gasteiger partial charge in [0.1, 0.15) is 5.54 Å². The number of hydrogen-bond donors (Lipinski definition) is 0. The Morgan fingerprint density at radius 3 is 2.29 bits per heavy atom. The molecule has 0 aliphatic carbocycles. The van der Waals surface area contributed by atoms with Crippen LogP contribution in [0.3, 0.4) is 0 Å². The van der Waals surface area contributed by atoms with E-state index in [0.29, 0.717) is 21.3 Å². The van der Waals surface area contributed by atoms with E-state index >= 15 is 0 Å². The van der Waals surface area contributed by atoms with Crippen LogP contribution in [0.1, 0.15) is 18.1 Å². The number of sulfone groups is 1. The minimum absolute atomic E-state index is 0.0670. The average Bonchev–Trinajstić information content (AvgIpc) is 3.21. The van der Waals surface area contributed by atoms with Crippen molar-refractivity contribution in [3.8, 4) is 6.07 Å². The van der Waals surface area contributed by atoms with Gasteiger partial charge < -0.3 is 0 Å². The minimum Gasteiger partial charge on any atom is -0.285 e. The average molecular weight is 475 g/mol. The normalized spacial score (nSPS) is 18.2. The summed E-state index contributed by atoms with van der Waals surface area (Å²) in [4.78, 5) is 19.3. The molecule has 1 aliphatic heterocycles. The summed E-state index contributed by atoms with van der Waals surface area (Å²) in [6, 6.07) is 13.5. The van der Waals surface area contributed by atoms with Gasteiger partial charge in [0, 0.05) is 22.7 Å². The van der Waals surface area contributed by atoms with Gasteiger partial charge in [-0.25, -0.2) is 18.3 Å². The van der Waals surface area contributed by atoms with E-state index < -0.39 is 15.4 Å². The second-order valence-electron chi connectivity index (χ2n) is 7.53. The Morgan fingerprint density at radius 2 is 1.74 bits per heavy atom. The SMILES string of the molecule is C[C@@]1(Cc2ccc(C#N)cc2)C(=O)N(c2cc(Cl)cc(Cl)c2)c2ncc(S(C)(=O)=O)n21. The number of nitriles is 1. The van der Waals surface area contributed by atoms with Crippen molar-refractivity contribution in [1.82, 2.24) is 9.55 Å². The molecule has 1 atom stereocenters. The summed E-state index contributed by atoms with van der Waals surface area (Å²) in [5.41, 5.74) is 0.354. The molecule has 0 spiro atoms. The predicted molar refractivity (Wildman–Crippen MR) is 117 cm³/mol. The first-order valence-electron chi connectivity index (χ1n) is 9.12. The number of aromatic nitrogens is 2. The number of halogens is 2. The highest BCUT2D eigenvalue weighted by atomic mass is 35.5. The third-order valence-corrected chi connectivity index (χ3v) is 6.67. The number of carbonyl (C=O) groups excluding carboxylic acids is 1. The maximum absolute atomic E-state index is 13.7. The van der Waals surface area contributed by atoms with Crippen molar-refractivity contribution in [3.05, 3.63) is 69.8 Å². The highest BCUT2D eigenvalue weighted by Crippen LogP contribution is 2.44. The zero-order valence-electron chi connectivity index (χ0n) is 16.5. The van der Waals surface area contributed by atoms with Crippen molar-refractivity contribution in [2.75, 3.05) is 11.2 Å². The predicted octanol–water partition coefficient (Wildman–Crippen LogP) is 4.10. The van der Waals surface area contributed by atoms with Crippen LogP contribution in [0.15, 0.2) is 53.7 Å². The van der Waals surface area contributed by atoms with Crippen molar-refractivity contribution in [2.24, 2.45) is 0 Å². The summed E-state index contributed by atoms with van der Waals surface area (Å²) in [6.45, 7) is 1.67. The van der Waals surface area contributed by atoms with E-state index in [4.69, 9.17) is 28.5 Å². The summed E-state index contributed by atoms with van der Waals surface area (Å²) >= 11 is 12.3. The Hall–Kier alpha value is -2.86. The second kappa shape index (κ2) is 7.38. The van der Waals surface area contributed by atoms with Crippen molar-refractivity contribution < 1.29 is 13.2 Å². The lowest BCUT2D eigenvalue weighted by atomic mass is 9.91. The molecule has 31 heavy (non-hydrogen) atoms. The van der Waals surface area contributed by atoms with Crippen molar-refractivity contribution in [2.45, 2.75) is 23.9 Å². The third-order valence-electron chi connectivity index (χ3n) is 5.18. The van der Waals surface area contributed by atoms with Gasteiger partial charge in [0.2, 0.25) is 5.95 Å². The van der Waals surface area contributed by atoms with E-state index in [1.165, 1.54) is 21.7 Å². The summed E-state index contributed by atoms with van der Waals surface area (Å²) in [5, 5.41) is 9.62. The Balaban J connectivity index is 1.91. The molecule has 7 nitrogen and oxygen atoms in total. The zero-order valence-corrected chi connectivity index (χ0v) is 18.8. The van der Waals surface area contributed by atoms with E-state index in [1.807, 2.05) is 0 Å². The van der Waals surface area contributed by atoms with Crippen molar-refractivity contribution in [1.29, 1.82) is 5.26 Å². The Kier molecular flexibility index (Phi) is 5.09. The molecule has 3 aromatic rings. The number of rotatable bonds is 4.